The Hall–Kier alpha value is -1.39. The molecule has 106 valence electrons. The molecule has 3 rings (SSSR count). The highest BCUT2D eigenvalue weighted by molar-refractivity contribution is 7.20. The van der Waals surface area contributed by atoms with E-state index in [4.69, 9.17) is 0 Å². The number of hydrogen-bond donors (Lipinski definition) is 2. The van der Waals surface area contributed by atoms with Gasteiger partial charge >= 0.3 is 0 Å². The Morgan fingerprint density at radius 1 is 1.35 bits per heavy atom. The van der Waals surface area contributed by atoms with Crippen LogP contribution in [0.2, 0.25) is 0 Å². The summed E-state index contributed by atoms with van der Waals surface area (Å²) in [5, 5.41) is 7.78. The molecule has 0 saturated carbocycles. The Labute approximate surface area is 123 Å². The van der Waals surface area contributed by atoms with Crippen LogP contribution in [0.15, 0.2) is 30.3 Å². The summed E-state index contributed by atoms with van der Waals surface area (Å²) in [5.41, 5.74) is 0. The van der Waals surface area contributed by atoms with E-state index in [-0.39, 0.29) is 11.9 Å². The summed E-state index contributed by atoms with van der Waals surface area (Å²) in [6, 6.07) is 10.7. The number of amides is 1. The van der Waals surface area contributed by atoms with Crippen molar-refractivity contribution in [2.45, 2.75) is 32.4 Å². The highest BCUT2D eigenvalue weighted by Crippen LogP contribution is 2.26. The third kappa shape index (κ3) is 2.58. The van der Waals surface area contributed by atoms with Crippen LogP contribution in [0.25, 0.3) is 10.1 Å². The summed E-state index contributed by atoms with van der Waals surface area (Å²) < 4.78 is 1.17. The number of rotatable bonds is 2. The number of hydrogen-bond acceptors (Lipinski definition) is 3. The number of carbonyl (C=O) groups excluding carboxylic acids is 1. The van der Waals surface area contributed by atoms with Crippen molar-refractivity contribution < 1.29 is 4.79 Å². The zero-order valence-electron chi connectivity index (χ0n) is 11.8. The maximum Gasteiger partial charge on any atom is 0.261 e. The van der Waals surface area contributed by atoms with Gasteiger partial charge in [0.05, 0.1) is 4.88 Å². The fraction of sp³-hybridized carbons (Fsp3) is 0.438. The van der Waals surface area contributed by atoms with E-state index in [1.54, 1.807) is 11.3 Å². The molecular formula is C16H20N2OS. The molecule has 1 aromatic heterocycles. The Bertz CT molecular complexity index is 579. The van der Waals surface area contributed by atoms with Gasteiger partial charge in [-0.15, -0.1) is 11.3 Å². The first-order valence-electron chi connectivity index (χ1n) is 7.18. The second kappa shape index (κ2) is 5.54. The lowest BCUT2D eigenvalue weighted by Gasteiger charge is -2.35. The number of carbonyl (C=O) groups is 1. The maximum atomic E-state index is 12.4. The Morgan fingerprint density at radius 2 is 2.15 bits per heavy atom. The van der Waals surface area contributed by atoms with Crippen LogP contribution in [-0.4, -0.2) is 24.5 Å². The van der Waals surface area contributed by atoms with Gasteiger partial charge in [0.2, 0.25) is 0 Å². The molecule has 20 heavy (non-hydrogen) atoms. The monoisotopic (exact) mass is 288 g/mol. The Morgan fingerprint density at radius 3 is 2.90 bits per heavy atom. The molecule has 0 spiro atoms. The Balaban J connectivity index is 1.78. The van der Waals surface area contributed by atoms with Crippen LogP contribution in [0, 0.1) is 5.92 Å². The number of benzene rings is 1. The third-order valence-corrected chi connectivity index (χ3v) is 5.28. The highest BCUT2D eigenvalue weighted by atomic mass is 32.1. The van der Waals surface area contributed by atoms with Gasteiger partial charge < -0.3 is 10.6 Å². The van der Waals surface area contributed by atoms with Crippen molar-refractivity contribution in [3.8, 4) is 0 Å². The predicted octanol–water partition coefficient (Wildman–Crippen LogP) is 3.02. The van der Waals surface area contributed by atoms with Gasteiger partial charge in [-0.3, -0.25) is 4.79 Å². The molecule has 2 N–H and O–H groups in total. The van der Waals surface area contributed by atoms with Crippen molar-refractivity contribution >= 4 is 27.3 Å². The standard InChI is InChI=1S/C16H20N2OS/c1-10-7-8-17-11(2)15(10)18-16(19)14-9-12-5-3-4-6-13(12)20-14/h3-6,9-11,15,17H,7-8H2,1-2H3,(H,18,19). The van der Waals surface area contributed by atoms with Crippen LogP contribution < -0.4 is 10.6 Å². The molecule has 3 atom stereocenters. The topological polar surface area (TPSA) is 41.1 Å². The lowest BCUT2D eigenvalue weighted by molar-refractivity contribution is 0.0902. The van der Waals surface area contributed by atoms with Gasteiger partial charge in [0.1, 0.15) is 0 Å². The smallest absolute Gasteiger partial charge is 0.261 e. The minimum atomic E-state index is 0.0543. The van der Waals surface area contributed by atoms with Gasteiger partial charge in [0.15, 0.2) is 0 Å². The number of thiophene rings is 1. The van der Waals surface area contributed by atoms with Crippen molar-refractivity contribution in [2.24, 2.45) is 5.92 Å². The maximum absolute atomic E-state index is 12.4. The molecule has 1 amide bonds. The van der Waals surface area contributed by atoms with Crippen molar-refractivity contribution in [3.63, 3.8) is 0 Å². The molecule has 2 aromatic rings. The minimum absolute atomic E-state index is 0.0543. The van der Waals surface area contributed by atoms with E-state index in [9.17, 15) is 4.79 Å². The summed E-state index contributed by atoms with van der Waals surface area (Å²) in [7, 11) is 0. The van der Waals surface area contributed by atoms with Gasteiger partial charge in [-0.2, -0.15) is 0 Å². The van der Waals surface area contributed by atoms with Crippen molar-refractivity contribution in [2.75, 3.05) is 6.54 Å². The molecule has 2 heterocycles. The van der Waals surface area contributed by atoms with Gasteiger partial charge in [-0.1, -0.05) is 25.1 Å². The first-order chi connectivity index (χ1) is 9.65. The second-order valence-electron chi connectivity index (χ2n) is 5.66. The molecule has 0 radical (unpaired) electrons. The molecule has 0 bridgehead atoms. The summed E-state index contributed by atoms with van der Waals surface area (Å²) in [4.78, 5) is 13.2. The van der Waals surface area contributed by atoms with Gasteiger partial charge in [-0.25, -0.2) is 0 Å². The van der Waals surface area contributed by atoms with E-state index >= 15 is 0 Å². The third-order valence-electron chi connectivity index (χ3n) is 4.16. The van der Waals surface area contributed by atoms with Crippen LogP contribution in [0.3, 0.4) is 0 Å². The van der Waals surface area contributed by atoms with E-state index in [1.807, 2.05) is 18.2 Å². The number of piperidine rings is 1. The largest absolute Gasteiger partial charge is 0.347 e. The quantitative estimate of drug-likeness (QED) is 0.892. The average molecular weight is 288 g/mol. The molecule has 1 fully saturated rings. The van der Waals surface area contributed by atoms with E-state index in [2.05, 4.69) is 36.6 Å². The van der Waals surface area contributed by atoms with E-state index < -0.39 is 0 Å². The summed E-state index contributed by atoms with van der Waals surface area (Å²) in [6.45, 7) is 5.40. The van der Waals surface area contributed by atoms with Crippen molar-refractivity contribution in [1.82, 2.24) is 10.6 Å². The molecule has 4 heteroatoms. The molecule has 1 aliphatic rings. The van der Waals surface area contributed by atoms with Crippen LogP contribution >= 0.6 is 11.3 Å². The number of nitrogens with one attached hydrogen (secondary N) is 2. The fourth-order valence-electron chi connectivity index (χ4n) is 2.92. The van der Waals surface area contributed by atoms with Crippen molar-refractivity contribution in [3.05, 3.63) is 35.2 Å². The van der Waals surface area contributed by atoms with Crippen LogP contribution in [0.1, 0.15) is 29.9 Å². The molecular weight excluding hydrogens is 268 g/mol. The molecule has 3 unspecified atom stereocenters. The highest BCUT2D eigenvalue weighted by Gasteiger charge is 2.29. The van der Waals surface area contributed by atoms with Gasteiger partial charge in [0, 0.05) is 16.8 Å². The molecule has 1 aliphatic heterocycles. The number of fused-ring (bicyclic) bond motifs is 1. The van der Waals surface area contributed by atoms with E-state index in [1.165, 1.54) is 4.70 Å². The minimum Gasteiger partial charge on any atom is -0.347 e. The van der Waals surface area contributed by atoms with Gasteiger partial charge in [0.25, 0.3) is 5.91 Å². The molecule has 1 saturated heterocycles. The average Bonchev–Trinajstić information content (AvgIpc) is 2.87. The normalized spacial score (nSPS) is 26.6. The predicted molar refractivity (Wildman–Crippen MR) is 84.3 cm³/mol. The van der Waals surface area contributed by atoms with Crippen molar-refractivity contribution in [1.29, 1.82) is 0 Å². The zero-order valence-corrected chi connectivity index (χ0v) is 12.7. The zero-order chi connectivity index (χ0) is 14.1. The van der Waals surface area contributed by atoms with Crippen LogP contribution in [0.4, 0.5) is 0 Å². The first-order valence-corrected chi connectivity index (χ1v) is 7.99. The molecule has 0 aliphatic carbocycles. The molecule has 1 aromatic carbocycles. The summed E-state index contributed by atoms with van der Waals surface area (Å²) in [5.74, 6) is 0.572. The lowest BCUT2D eigenvalue weighted by atomic mass is 9.89. The molecule has 3 nitrogen and oxygen atoms in total. The SMILES string of the molecule is CC1CCNC(C)C1NC(=O)c1cc2ccccc2s1. The van der Waals surface area contributed by atoms with Crippen LogP contribution in [-0.2, 0) is 0 Å². The summed E-state index contributed by atoms with van der Waals surface area (Å²) >= 11 is 1.56. The summed E-state index contributed by atoms with van der Waals surface area (Å²) in [6.07, 6.45) is 1.11. The Kier molecular flexibility index (Phi) is 3.76. The second-order valence-corrected chi connectivity index (χ2v) is 6.74. The van der Waals surface area contributed by atoms with Crippen LogP contribution in [0.5, 0.6) is 0 Å². The van der Waals surface area contributed by atoms with E-state index in [0.29, 0.717) is 12.0 Å². The lowest BCUT2D eigenvalue weighted by Crippen LogP contribution is -2.55. The first kappa shape index (κ1) is 13.6. The fourth-order valence-corrected chi connectivity index (χ4v) is 3.89. The van der Waals surface area contributed by atoms with E-state index in [0.717, 1.165) is 23.2 Å². The van der Waals surface area contributed by atoms with Gasteiger partial charge in [-0.05, 0) is 43.3 Å².